The molecule has 3 nitrogen and oxygen atoms in total. The van der Waals surface area contributed by atoms with Crippen LogP contribution in [-0.2, 0) is 6.61 Å². The van der Waals surface area contributed by atoms with Gasteiger partial charge >= 0.3 is 0 Å². The fraction of sp³-hybridized carbons (Fsp3) is 0.125. The van der Waals surface area contributed by atoms with E-state index in [0.717, 1.165) is 11.2 Å². The lowest BCUT2D eigenvalue weighted by Crippen LogP contribution is -1.88. The van der Waals surface area contributed by atoms with E-state index in [4.69, 9.17) is 5.11 Å². The predicted octanol–water partition coefficient (Wildman–Crippen LogP) is 1.25. The van der Waals surface area contributed by atoms with Crippen LogP contribution in [0.3, 0.4) is 0 Å². The first-order valence-electron chi connectivity index (χ1n) is 3.42. The topological polar surface area (TPSA) is 37.5 Å². The fourth-order valence-electron chi connectivity index (χ4n) is 1.06. The third-order valence-corrected chi connectivity index (χ3v) is 1.63. The van der Waals surface area contributed by atoms with Crippen molar-refractivity contribution in [2.24, 2.45) is 0 Å². The summed E-state index contributed by atoms with van der Waals surface area (Å²) < 4.78 is 1.88. The highest BCUT2D eigenvalue weighted by molar-refractivity contribution is 5.85. The summed E-state index contributed by atoms with van der Waals surface area (Å²) in [7, 11) is 0. The van der Waals surface area contributed by atoms with Crippen LogP contribution in [0.15, 0.2) is 30.7 Å². The van der Waals surface area contributed by atoms with Crippen molar-refractivity contribution in [3.63, 3.8) is 0 Å². The van der Waals surface area contributed by atoms with Gasteiger partial charge in [0.25, 0.3) is 0 Å². The van der Waals surface area contributed by atoms with Crippen LogP contribution < -0.4 is 0 Å². The monoisotopic (exact) mass is 184 g/mol. The van der Waals surface area contributed by atoms with Crippen LogP contribution in [0.5, 0.6) is 0 Å². The lowest BCUT2D eigenvalue weighted by atomic mass is 10.3. The highest BCUT2D eigenvalue weighted by atomic mass is 35.5. The third kappa shape index (κ3) is 1.42. The van der Waals surface area contributed by atoms with Gasteiger partial charge in [0.15, 0.2) is 0 Å². The van der Waals surface area contributed by atoms with Gasteiger partial charge in [-0.3, -0.25) is 0 Å². The molecule has 0 aromatic carbocycles. The molecule has 64 valence electrons. The van der Waals surface area contributed by atoms with Gasteiger partial charge in [0, 0.05) is 18.6 Å². The van der Waals surface area contributed by atoms with Gasteiger partial charge in [-0.05, 0) is 11.6 Å². The maximum atomic E-state index is 8.80. The zero-order chi connectivity index (χ0) is 7.68. The highest BCUT2D eigenvalue weighted by Gasteiger charge is 1.93. The van der Waals surface area contributed by atoms with Crippen molar-refractivity contribution in [2.45, 2.75) is 6.61 Å². The Morgan fingerprint density at radius 2 is 2.25 bits per heavy atom. The molecule has 0 unspecified atom stereocenters. The number of aromatic nitrogens is 2. The second kappa shape index (κ2) is 3.56. The van der Waals surface area contributed by atoms with Crippen LogP contribution in [0.2, 0.25) is 0 Å². The number of pyridine rings is 1. The van der Waals surface area contributed by atoms with Gasteiger partial charge in [0.05, 0.1) is 6.61 Å². The summed E-state index contributed by atoms with van der Waals surface area (Å²) in [6.45, 7) is 0.0775. The van der Waals surface area contributed by atoms with Crippen molar-refractivity contribution in [2.75, 3.05) is 0 Å². The summed E-state index contributed by atoms with van der Waals surface area (Å²) in [5.41, 5.74) is 1.80. The minimum atomic E-state index is 0. The molecule has 1 N–H and O–H groups in total. The minimum absolute atomic E-state index is 0. The summed E-state index contributed by atoms with van der Waals surface area (Å²) in [5, 5.41) is 8.80. The molecular weight excluding hydrogens is 176 g/mol. The average Bonchev–Trinajstić information content (AvgIpc) is 2.50. The molecule has 4 heteroatoms. The Balaban J connectivity index is 0.000000720. The number of imidazole rings is 1. The Morgan fingerprint density at radius 1 is 1.42 bits per heavy atom. The molecule has 0 atom stereocenters. The third-order valence-electron chi connectivity index (χ3n) is 1.63. The number of halogens is 1. The standard InChI is InChI=1S/C8H8N2O.ClH/c11-6-7-1-2-8-9-3-4-10(8)5-7;/h1-5,11H,6H2;1H. The number of rotatable bonds is 1. The molecule has 0 saturated carbocycles. The minimum Gasteiger partial charge on any atom is -0.392 e. The number of aliphatic hydroxyl groups is 1. The molecule has 0 radical (unpaired) electrons. The largest absolute Gasteiger partial charge is 0.392 e. The van der Waals surface area contributed by atoms with Gasteiger partial charge in [-0.15, -0.1) is 12.4 Å². The van der Waals surface area contributed by atoms with Gasteiger partial charge in [-0.1, -0.05) is 6.07 Å². The molecule has 0 aliphatic heterocycles. The lowest BCUT2D eigenvalue weighted by molar-refractivity contribution is 0.281. The average molecular weight is 185 g/mol. The van der Waals surface area contributed by atoms with Crippen LogP contribution in [0, 0.1) is 0 Å². The predicted molar refractivity (Wildman–Crippen MR) is 48.4 cm³/mol. The lowest BCUT2D eigenvalue weighted by Gasteiger charge is -1.96. The van der Waals surface area contributed by atoms with Crippen LogP contribution >= 0.6 is 12.4 Å². The molecule has 0 aliphatic carbocycles. The van der Waals surface area contributed by atoms with Crippen molar-refractivity contribution >= 4 is 18.1 Å². The van der Waals surface area contributed by atoms with E-state index in [1.807, 2.05) is 28.9 Å². The second-order valence-electron chi connectivity index (χ2n) is 2.39. The molecule has 12 heavy (non-hydrogen) atoms. The van der Waals surface area contributed by atoms with E-state index in [2.05, 4.69) is 4.98 Å². The molecule has 0 aliphatic rings. The van der Waals surface area contributed by atoms with Crippen LogP contribution in [0.25, 0.3) is 5.65 Å². The first-order valence-corrected chi connectivity index (χ1v) is 3.42. The molecule has 2 heterocycles. The van der Waals surface area contributed by atoms with Crippen LogP contribution in [-0.4, -0.2) is 14.5 Å². The molecule has 2 aromatic heterocycles. The normalized spacial score (nSPS) is 9.75. The zero-order valence-electron chi connectivity index (χ0n) is 6.34. The van der Waals surface area contributed by atoms with Crippen molar-refractivity contribution < 1.29 is 5.11 Å². The summed E-state index contributed by atoms with van der Waals surface area (Å²) in [5.74, 6) is 0. The number of aliphatic hydroxyl groups excluding tert-OH is 1. The summed E-state index contributed by atoms with van der Waals surface area (Å²) >= 11 is 0. The first-order chi connectivity index (χ1) is 5.40. The zero-order valence-corrected chi connectivity index (χ0v) is 7.16. The Bertz CT molecular complexity index is 372. The molecule has 0 fully saturated rings. The smallest absolute Gasteiger partial charge is 0.136 e. The van der Waals surface area contributed by atoms with E-state index in [1.165, 1.54) is 0 Å². The molecule has 0 bridgehead atoms. The SMILES string of the molecule is Cl.OCc1ccc2nccn2c1. The van der Waals surface area contributed by atoms with E-state index in [-0.39, 0.29) is 19.0 Å². The van der Waals surface area contributed by atoms with Gasteiger partial charge < -0.3 is 9.51 Å². The van der Waals surface area contributed by atoms with Crippen molar-refractivity contribution in [3.8, 4) is 0 Å². The fourth-order valence-corrected chi connectivity index (χ4v) is 1.06. The Morgan fingerprint density at radius 3 is 3.00 bits per heavy atom. The molecular formula is C8H9ClN2O. The number of nitrogens with zero attached hydrogens (tertiary/aromatic N) is 2. The Hall–Kier alpha value is -1.06. The molecule has 0 saturated heterocycles. The van der Waals surface area contributed by atoms with Gasteiger partial charge in [-0.2, -0.15) is 0 Å². The van der Waals surface area contributed by atoms with Crippen molar-refractivity contribution in [3.05, 3.63) is 36.3 Å². The van der Waals surface area contributed by atoms with Crippen molar-refractivity contribution in [1.29, 1.82) is 0 Å². The van der Waals surface area contributed by atoms with E-state index in [1.54, 1.807) is 6.20 Å². The quantitative estimate of drug-likeness (QED) is 0.725. The highest BCUT2D eigenvalue weighted by Crippen LogP contribution is 2.03. The molecule has 2 rings (SSSR count). The van der Waals surface area contributed by atoms with E-state index in [9.17, 15) is 0 Å². The van der Waals surface area contributed by atoms with Gasteiger partial charge in [-0.25, -0.2) is 4.98 Å². The number of hydrogen-bond acceptors (Lipinski definition) is 2. The first kappa shape index (κ1) is 9.03. The maximum Gasteiger partial charge on any atom is 0.136 e. The number of hydrogen-bond donors (Lipinski definition) is 1. The number of fused-ring (bicyclic) bond motifs is 1. The molecule has 0 spiro atoms. The van der Waals surface area contributed by atoms with E-state index in [0.29, 0.717) is 0 Å². The Labute approximate surface area is 76.1 Å². The van der Waals surface area contributed by atoms with Crippen LogP contribution in [0.1, 0.15) is 5.56 Å². The van der Waals surface area contributed by atoms with E-state index >= 15 is 0 Å². The summed E-state index contributed by atoms with van der Waals surface area (Å²) in [6, 6.07) is 3.74. The molecule has 0 amide bonds. The van der Waals surface area contributed by atoms with Gasteiger partial charge in [0.1, 0.15) is 5.65 Å². The van der Waals surface area contributed by atoms with Crippen molar-refractivity contribution in [1.82, 2.24) is 9.38 Å². The summed E-state index contributed by atoms with van der Waals surface area (Å²) in [6.07, 6.45) is 5.45. The maximum absolute atomic E-state index is 8.80. The van der Waals surface area contributed by atoms with Gasteiger partial charge in [0.2, 0.25) is 0 Å². The van der Waals surface area contributed by atoms with E-state index < -0.39 is 0 Å². The summed E-state index contributed by atoms with van der Waals surface area (Å²) in [4.78, 5) is 4.08. The second-order valence-corrected chi connectivity index (χ2v) is 2.39. The Kier molecular flexibility index (Phi) is 2.68. The molecule has 2 aromatic rings. The van der Waals surface area contributed by atoms with Crippen LogP contribution in [0.4, 0.5) is 0 Å².